The number of aryl methyl sites for hydroxylation is 1. The van der Waals surface area contributed by atoms with Crippen molar-refractivity contribution in [2.45, 2.75) is 63.1 Å². The molecule has 0 spiro atoms. The number of aliphatic hydroxyl groups excluding tert-OH is 1. The van der Waals surface area contributed by atoms with Crippen molar-refractivity contribution in [2.24, 2.45) is 0 Å². The van der Waals surface area contributed by atoms with Crippen LogP contribution in [0.3, 0.4) is 0 Å². The van der Waals surface area contributed by atoms with Crippen LogP contribution in [0, 0.1) is 0 Å². The number of carbonyl (C=O) groups excluding carboxylic acids is 2. The molecule has 1 aromatic carbocycles. The van der Waals surface area contributed by atoms with Gasteiger partial charge in [-0.25, -0.2) is 4.79 Å². The molecule has 0 aliphatic heterocycles. The lowest BCUT2D eigenvalue weighted by atomic mass is 9.90. The highest BCUT2D eigenvalue weighted by atomic mass is 35.5. The maximum Gasteiger partial charge on any atom is 0.338 e. The summed E-state index contributed by atoms with van der Waals surface area (Å²) < 4.78 is 11.2. The molecule has 0 amide bonds. The Balaban J connectivity index is 1.77. The Morgan fingerprint density at radius 2 is 1.78 bits per heavy atom. The van der Waals surface area contributed by atoms with Gasteiger partial charge in [0.05, 0.1) is 26.7 Å². The first-order valence-electron chi connectivity index (χ1n) is 10.8. The molecule has 1 heterocycles. The number of benzene rings is 1. The normalized spacial score (nSPS) is 13.9. The van der Waals surface area contributed by atoms with E-state index in [1.54, 1.807) is 0 Å². The van der Waals surface area contributed by atoms with Gasteiger partial charge in [-0.2, -0.15) is 0 Å². The summed E-state index contributed by atoms with van der Waals surface area (Å²) in [6, 6.07) is 9.86. The lowest BCUT2D eigenvalue weighted by Crippen LogP contribution is -2.44. The van der Waals surface area contributed by atoms with E-state index in [-0.39, 0.29) is 6.42 Å². The molecule has 1 aromatic heterocycles. The predicted octanol–water partition coefficient (Wildman–Crippen LogP) is 3.84. The van der Waals surface area contributed by atoms with Crippen LogP contribution in [0.1, 0.15) is 50.5 Å². The summed E-state index contributed by atoms with van der Waals surface area (Å²) in [6.07, 6.45) is 7.14. The second-order valence-corrected chi connectivity index (χ2v) is 8.39. The van der Waals surface area contributed by atoms with Crippen molar-refractivity contribution < 1.29 is 29.3 Å². The maximum atomic E-state index is 11.9. The monoisotopic (exact) mass is 465 g/mol. The average Bonchev–Trinajstić information content (AvgIpc) is 3.30. The first-order chi connectivity index (χ1) is 15.3. The third kappa shape index (κ3) is 7.65. The summed E-state index contributed by atoms with van der Waals surface area (Å²) in [7, 11) is 2.29. The summed E-state index contributed by atoms with van der Waals surface area (Å²) in [5.74, 6) is -1.70. The minimum Gasteiger partial charge on any atom is -0.469 e. The molecule has 0 fully saturated rings. The number of methoxy groups -OCH3 is 2. The quantitative estimate of drug-likeness (QED) is 0.344. The molecule has 2 N–H and O–H groups in total. The highest BCUT2D eigenvalue weighted by Gasteiger charge is 2.41. The summed E-state index contributed by atoms with van der Waals surface area (Å²) in [4.78, 5) is 23.4. The van der Waals surface area contributed by atoms with Gasteiger partial charge >= 0.3 is 11.9 Å². The lowest BCUT2D eigenvalue weighted by Gasteiger charge is -2.26. The minimum atomic E-state index is -2.09. The van der Waals surface area contributed by atoms with E-state index in [1.807, 2.05) is 41.2 Å². The number of hydrogen-bond donors (Lipinski definition) is 2. The Hall–Kier alpha value is -2.35. The van der Waals surface area contributed by atoms with Crippen molar-refractivity contribution in [3.8, 4) is 5.69 Å². The molecule has 2 atom stereocenters. The third-order valence-corrected chi connectivity index (χ3v) is 5.70. The van der Waals surface area contributed by atoms with Gasteiger partial charge in [0.25, 0.3) is 0 Å². The molecule has 0 saturated heterocycles. The van der Waals surface area contributed by atoms with E-state index in [0.29, 0.717) is 11.4 Å². The van der Waals surface area contributed by atoms with Gasteiger partial charge in [-0.3, -0.25) is 4.79 Å². The number of nitrogens with zero attached hydrogens (tertiary/aromatic N) is 1. The number of unbranched alkanes of at least 4 members (excludes halogenated alkanes) is 3. The molecule has 0 bridgehead atoms. The highest BCUT2D eigenvalue weighted by molar-refractivity contribution is 6.30. The summed E-state index contributed by atoms with van der Waals surface area (Å²) in [6.45, 7) is 0. The van der Waals surface area contributed by atoms with E-state index < -0.39 is 30.1 Å². The van der Waals surface area contributed by atoms with Crippen LogP contribution in [0.4, 0.5) is 0 Å². The van der Waals surface area contributed by atoms with Crippen molar-refractivity contribution >= 4 is 23.5 Å². The van der Waals surface area contributed by atoms with E-state index in [9.17, 15) is 19.8 Å². The van der Waals surface area contributed by atoms with Gasteiger partial charge in [0.1, 0.15) is 0 Å². The summed E-state index contributed by atoms with van der Waals surface area (Å²) in [5.41, 5.74) is 0.201. The van der Waals surface area contributed by atoms with Crippen molar-refractivity contribution in [1.82, 2.24) is 4.57 Å². The predicted molar refractivity (Wildman–Crippen MR) is 122 cm³/mol. The fraction of sp³-hybridized carbons (Fsp3) is 0.500. The number of aromatic nitrogens is 1. The van der Waals surface area contributed by atoms with E-state index in [0.717, 1.165) is 44.9 Å². The van der Waals surface area contributed by atoms with Crippen molar-refractivity contribution in [2.75, 3.05) is 14.2 Å². The molecule has 7 nitrogen and oxygen atoms in total. The van der Waals surface area contributed by atoms with Crippen LogP contribution in [0.5, 0.6) is 0 Å². The van der Waals surface area contributed by atoms with Gasteiger partial charge in [0.2, 0.25) is 0 Å². The molecule has 2 aromatic rings. The Bertz CT molecular complexity index is 869. The van der Waals surface area contributed by atoms with Crippen LogP contribution in [-0.2, 0) is 25.5 Å². The largest absolute Gasteiger partial charge is 0.469 e. The number of esters is 2. The molecule has 176 valence electrons. The van der Waals surface area contributed by atoms with Crippen molar-refractivity contribution in [1.29, 1.82) is 0 Å². The third-order valence-electron chi connectivity index (χ3n) is 5.47. The Morgan fingerprint density at radius 3 is 2.44 bits per heavy atom. The first-order valence-corrected chi connectivity index (χ1v) is 11.1. The number of hydrogen-bond acceptors (Lipinski definition) is 6. The van der Waals surface area contributed by atoms with Crippen LogP contribution in [0.2, 0.25) is 5.02 Å². The second kappa shape index (κ2) is 12.6. The molecule has 2 unspecified atom stereocenters. The molecule has 0 saturated carbocycles. The zero-order chi connectivity index (χ0) is 23.6. The molecule has 0 radical (unpaired) electrons. The SMILES string of the molecule is COC(=O)CC(O)(CC(O)CCCCCCc1ccc(Cl)cc1-n1cccc1)C(=O)OC. The molecule has 8 heteroatoms. The number of carbonyl (C=O) groups is 2. The lowest BCUT2D eigenvalue weighted by molar-refractivity contribution is -0.172. The number of ether oxygens (including phenoxy) is 2. The second-order valence-electron chi connectivity index (χ2n) is 7.95. The van der Waals surface area contributed by atoms with Crippen molar-refractivity contribution in [3.63, 3.8) is 0 Å². The Kier molecular flexibility index (Phi) is 10.2. The average molecular weight is 466 g/mol. The van der Waals surface area contributed by atoms with Gasteiger partial charge in [-0.1, -0.05) is 36.9 Å². The zero-order valence-electron chi connectivity index (χ0n) is 18.6. The molecular weight excluding hydrogens is 434 g/mol. The van der Waals surface area contributed by atoms with Gasteiger partial charge in [-0.05, 0) is 49.1 Å². The highest BCUT2D eigenvalue weighted by Crippen LogP contribution is 2.24. The van der Waals surface area contributed by atoms with Gasteiger partial charge in [0, 0.05) is 29.5 Å². The van der Waals surface area contributed by atoms with E-state index >= 15 is 0 Å². The Labute approximate surface area is 193 Å². The van der Waals surface area contributed by atoms with Crippen LogP contribution in [0.15, 0.2) is 42.7 Å². The standard InChI is InChI=1S/C24H32ClNO6/c1-31-22(28)17-24(30,23(29)32-2)16-20(27)10-6-4-3-5-9-18-11-12-19(25)15-21(18)26-13-7-8-14-26/h7-8,11-15,20,27,30H,3-6,9-10,16-17H2,1-2H3. The van der Waals surface area contributed by atoms with Crippen LogP contribution in [0.25, 0.3) is 5.69 Å². The van der Waals surface area contributed by atoms with Crippen LogP contribution in [-0.4, -0.2) is 52.6 Å². The van der Waals surface area contributed by atoms with Gasteiger partial charge in [0.15, 0.2) is 5.60 Å². The number of rotatable bonds is 13. The fourth-order valence-corrected chi connectivity index (χ4v) is 3.92. The summed E-state index contributed by atoms with van der Waals surface area (Å²) in [5, 5.41) is 21.5. The van der Waals surface area contributed by atoms with E-state index in [2.05, 4.69) is 15.5 Å². The summed E-state index contributed by atoms with van der Waals surface area (Å²) >= 11 is 6.17. The Morgan fingerprint density at radius 1 is 1.09 bits per heavy atom. The number of aliphatic hydroxyl groups is 2. The topological polar surface area (TPSA) is 98.0 Å². The number of halogens is 1. The van der Waals surface area contributed by atoms with Crippen LogP contribution >= 0.6 is 11.6 Å². The molecular formula is C24H32ClNO6. The maximum absolute atomic E-state index is 11.9. The molecule has 0 aliphatic carbocycles. The van der Waals surface area contributed by atoms with E-state index in [1.165, 1.54) is 12.7 Å². The van der Waals surface area contributed by atoms with Gasteiger partial charge < -0.3 is 24.3 Å². The fourth-order valence-electron chi connectivity index (χ4n) is 3.75. The van der Waals surface area contributed by atoms with E-state index in [4.69, 9.17) is 11.6 Å². The van der Waals surface area contributed by atoms with Crippen LogP contribution < -0.4 is 0 Å². The molecule has 32 heavy (non-hydrogen) atoms. The van der Waals surface area contributed by atoms with Gasteiger partial charge in [-0.15, -0.1) is 0 Å². The minimum absolute atomic E-state index is 0.278. The smallest absolute Gasteiger partial charge is 0.338 e. The first kappa shape index (κ1) is 25.9. The zero-order valence-corrected chi connectivity index (χ0v) is 19.4. The molecule has 0 aliphatic rings. The van der Waals surface area contributed by atoms with Crippen molar-refractivity contribution in [3.05, 3.63) is 53.3 Å². The molecule has 2 rings (SSSR count).